The number of hydrogen-bond donors (Lipinski definition) is 1. The predicted molar refractivity (Wildman–Crippen MR) is 160 cm³/mol. The van der Waals surface area contributed by atoms with Gasteiger partial charge in [-0.25, -0.2) is 0 Å². The summed E-state index contributed by atoms with van der Waals surface area (Å²) in [6.07, 6.45) is 18.2. The molecular weight excluding hydrogens is 526 g/mol. The van der Waals surface area contributed by atoms with Gasteiger partial charge < -0.3 is 14.8 Å². The van der Waals surface area contributed by atoms with Crippen molar-refractivity contribution in [2.45, 2.75) is 141 Å². The van der Waals surface area contributed by atoms with Crippen LogP contribution in [0.1, 0.15) is 124 Å². The maximum Gasteiger partial charge on any atom is 0.293 e. The van der Waals surface area contributed by atoms with Gasteiger partial charge in [-0.2, -0.15) is 0 Å². The largest absolute Gasteiger partial charge is 0.465 e. The summed E-state index contributed by atoms with van der Waals surface area (Å²) >= 11 is 0. The van der Waals surface area contributed by atoms with Crippen LogP contribution in [0.3, 0.4) is 0 Å². The van der Waals surface area contributed by atoms with Crippen LogP contribution in [0.25, 0.3) is 0 Å². The van der Waals surface area contributed by atoms with E-state index in [0.29, 0.717) is 54.9 Å². The van der Waals surface area contributed by atoms with E-state index < -0.39 is 0 Å². The number of carbonyl (C=O) groups excluding carboxylic acids is 3. The van der Waals surface area contributed by atoms with Gasteiger partial charge in [-0.3, -0.25) is 14.4 Å². The zero-order valence-corrected chi connectivity index (χ0v) is 26.4. The Balaban J connectivity index is 1.02. The highest BCUT2D eigenvalue weighted by Crippen LogP contribution is 2.69. The van der Waals surface area contributed by atoms with Crippen molar-refractivity contribution in [3.8, 4) is 0 Å². The highest BCUT2D eigenvalue weighted by Gasteiger charge is 2.65. The standard InChI is InChI=1S/C36H55NO5/c1-22(4-9-33(40)37-36-17-23-12-24(18-36)14-25(13-23)19-36)29-7-8-30-28-6-5-26-15-27(41-20-38)10-11-34(26,2)31(28)16-32(42-21-39)35(29,30)3/h20-32H,4-19H2,1-3H3,(H,37,40). The molecule has 234 valence electrons. The van der Waals surface area contributed by atoms with Gasteiger partial charge in [0.2, 0.25) is 5.91 Å². The maximum absolute atomic E-state index is 13.4. The number of ether oxygens (including phenoxy) is 2. The summed E-state index contributed by atoms with van der Waals surface area (Å²) in [5.74, 6) is 6.06. The summed E-state index contributed by atoms with van der Waals surface area (Å²) in [6, 6.07) is 0. The van der Waals surface area contributed by atoms with Crippen molar-refractivity contribution in [3.05, 3.63) is 0 Å². The van der Waals surface area contributed by atoms with E-state index in [-0.39, 0.29) is 34.5 Å². The molecule has 8 aliphatic carbocycles. The quantitative estimate of drug-likeness (QED) is 0.302. The van der Waals surface area contributed by atoms with Crippen LogP contribution in [0.4, 0.5) is 0 Å². The van der Waals surface area contributed by atoms with Crippen molar-refractivity contribution in [2.24, 2.45) is 64.1 Å². The highest BCUT2D eigenvalue weighted by atomic mass is 16.5. The normalized spacial score (nSPS) is 51.0. The van der Waals surface area contributed by atoms with Gasteiger partial charge in [0.15, 0.2) is 0 Å². The Morgan fingerprint density at radius 3 is 2.21 bits per heavy atom. The maximum atomic E-state index is 13.4. The first-order valence-electron chi connectivity index (χ1n) is 17.7. The molecule has 0 aromatic rings. The molecule has 0 aromatic heterocycles. The Morgan fingerprint density at radius 1 is 0.857 bits per heavy atom. The molecule has 8 saturated carbocycles. The van der Waals surface area contributed by atoms with Crippen LogP contribution in [0, 0.1) is 64.1 Å². The minimum absolute atomic E-state index is 0.0288. The Hall–Kier alpha value is -1.59. The second-order valence-electron chi connectivity index (χ2n) is 17.1. The average molecular weight is 582 g/mol. The molecule has 6 heteroatoms. The predicted octanol–water partition coefficient (Wildman–Crippen LogP) is 6.84. The number of carbonyl (C=O) groups is 3. The fraction of sp³-hybridized carbons (Fsp3) is 0.917. The number of nitrogens with one attached hydrogen (secondary N) is 1. The summed E-state index contributed by atoms with van der Waals surface area (Å²) in [6.45, 7) is 8.64. The first kappa shape index (κ1) is 29.1. The van der Waals surface area contributed by atoms with Crippen molar-refractivity contribution in [1.82, 2.24) is 5.32 Å². The van der Waals surface area contributed by atoms with Crippen LogP contribution >= 0.6 is 0 Å². The molecule has 4 bridgehead atoms. The van der Waals surface area contributed by atoms with E-state index >= 15 is 0 Å². The molecule has 10 unspecified atom stereocenters. The lowest BCUT2D eigenvalue weighted by Crippen LogP contribution is -2.60. The van der Waals surface area contributed by atoms with E-state index in [1.807, 2.05) is 0 Å². The van der Waals surface area contributed by atoms with Crippen LogP contribution in [0.5, 0.6) is 0 Å². The summed E-state index contributed by atoms with van der Waals surface area (Å²) in [5.41, 5.74) is 0.281. The monoisotopic (exact) mass is 581 g/mol. The minimum Gasteiger partial charge on any atom is -0.465 e. The second-order valence-corrected chi connectivity index (χ2v) is 17.1. The lowest BCUT2D eigenvalue weighted by molar-refractivity contribution is -0.190. The number of fused-ring (bicyclic) bond motifs is 5. The lowest BCUT2D eigenvalue weighted by Gasteiger charge is -2.62. The Bertz CT molecular complexity index is 1020. The van der Waals surface area contributed by atoms with Gasteiger partial charge in [-0.15, -0.1) is 0 Å². The van der Waals surface area contributed by atoms with Gasteiger partial charge in [0.1, 0.15) is 12.2 Å². The minimum atomic E-state index is -0.0587. The molecular formula is C36H55NO5. The molecule has 8 fully saturated rings. The molecule has 0 aromatic carbocycles. The van der Waals surface area contributed by atoms with E-state index in [4.69, 9.17) is 9.47 Å². The zero-order valence-electron chi connectivity index (χ0n) is 26.4. The molecule has 10 atom stereocenters. The first-order valence-corrected chi connectivity index (χ1v) is 17.7. The van der Waals surface area contributed by atoms with Gasteiger partial charge in [0.25, 0.3) is 12.9 Å². The molecule has 0 radical (unpaired) electrons. The van der Waals surface area contributed by atoms with Crippen LogP contribution in [-0.2, 0) is 23.9 Å². The molecule has 1 N–H and O–H groups in total. The first-order chi connectivity index (χ1) is 20.2. The van der Waals surface area contributed by atoms with E-state index in [0.717, 1.165) is 49.9 Å². The topological polar surface area (TPSA) is 81.7 Å². The van der Waals surface area contributed by atoms with Crippen LogP contribution < -0.4 is 5.32 Å². The van der Waals surface area contributed by atoms with Crippen molar-refractivity contribution < 1.29 is 23.9 Å². The van der Waals surface area contributed by atoms with Crippen LogP contribution in [0.15, 0.2) is 0 Å². The Morgan fingerprint density at radius 2 is 1.55 bits per heavy atom. The van der Waals surface area contributed by atoms with Crippen molar-refractivity contribution in [3.63, 3.8) is 0 Å². The molecule has 6 nitrogen and oxygen atoms in total. The van der Waals surface area contributed by atoms with E-state index in [1.54, 1.807) is 0 Å². The van der Waals surface area contributed by atoms with Crippen LogP contribution in [0.2, 0.25) is 0 Å². The Labute approximate surface area is 253 Å². The molecule has 0 heterocycles. The van der Waals surface area contributed by atoms with Gasteiger partial charge in [0, 0.05) is 17.4 Å². The third-order valence-electron chi connectivity index (χ3n) is 15.2. The lowest BCUT2D eigenvalue weighted by atomic mass is 9.43. The Kier molecular flexibility index (Phi) is 7.49. The highest BCUT2D eigenvalue weighted by molar-refractivity contribution is 5.76. The third-order valence-corrected chi connectivity index (χ3v) is 15.2. The molecule has 0 saturated heterocycles. The molecule has 0 aliphatic heterocycles. The number of rotatable bonds is 9. The van der Waals surface area contributed by atoms with E-state index in [2.05, 4.69) is 26.1 Å². The van der Waals surface area contributed by atoms with E-state index in [1.165, 1.54) is 64.2 Å². The molecule has 42 heavy (non-hydrogen) atoms. The number of amides is 1. The fourth-order valence-electron chi connectivity index (χ4n) is 13.8. The van der Waals surface area contributed by atoms with Crippen LogP contribution in [-0.4, -0.2) is 36.6 Å². The van der Waals surface area contributed by atoms with Crippen molar-refractivity contribution in [1.29, 1.82) is 0 Å². The average Bonchev–Trinajstić information content (AvgIpc) is 3.30. The molecule has 1 amide bonds. The summed E-state index contributed by atoms with van der Waals surface area (Å²) in [7, 11) is 0. The smallest absolute Gasteiger partial charge is 0.293 e. The summed E-state index contributed by atoms with van der Waals surface area (Å²) in [5, 5.41) is 3.61. The fourth-order valence-corrected chi connectivity index (χ4v) is 13.8. The number of hydrogen-bond acceptors (Lipinski definition) is 5. The van der Waals surface area contributed by atoms with Gasteiger partial charge in [0.05, 0.1) is 0 Å². The second kappa shape index (κ2) is 10.8. The summed E-state index contributed by atoms with van der Waals surface area (Å²) < 4.78 is 11.5. The van der Waals surface area contributed by atoms with Crippen molar-refractivity contribution in [2.75, 3.05) is 0 Å². The third kappa shape index (κ3) is 4.66. The van der Waals surface area contributed by atoms with Gasteiger partial charge in [-0.05, 0) is 155 Å². The SMILES string of the molecule is CC(CCC(=O)NC12CC3CC(CC(C3)C1)C2)C1CCC2C3CCC4CC(OC=O)CCC4(C)C3CC(OC=O)C12C. The van der Waals surface area contributed by atoms with Gasteiger partial charge in [-0.1, -0.05) is 20.8 Å². The zero-order chi connectivity index (χ0) is 29.3. The summed E-state index contributed by atoms with van der Waals surface area (Å²) in [4.78, 5) is 36.3. The van der Waals surface area contributed by atoms with Crippen molar-refractivity contribution >= 4 is 18.9 Å². The van der Waals surface area contributed by atoms with Gasteiger partial charge >= 0.3 is 0 Å². The van der Waals surface area contributed by atoms with E-state index in [9.17, 15) is 14.4 Å². The molecule has 8 rings (SSSR count). The molecule has 0 spiro atoms. The molecule has 8 aliphatic rings.